The highest BCUT2D eigenvalue weighted by molar-refractivity contribution is 5.91. The van der Waals surface area contributed by atoms with Gasteiger partial charge in [-0.05, 0) is 24.5 Å². The molecule has 7 nitrogen and oxygen atoms in total. The molecule has 0 bridgehead atoms. The molecule has 7 heteroatoms. The smallest absolute Gasteiger partial charge is 0.242 e. The van der Waals surface area contributed by atoms with E-state index in [4.69, 9.17) is 5.73 Å². The van der Waals surface area contributed by atoms with Crippen molar-refractivity contribution in [2.75, 3.05) is 13.1 Å². The minimum atomic E-state index is -0.756. The van der Waals surface area contributed by atoms with Gasteiger partial charge in [-0.15, -0.1) is 0 Å². The molecule has 1 unspecified atom stereocenters. The Hall–Kier alpha value is -3.19. The van der Waals surface area contributed by atoms with Crippen molar-refractivity contribution in [3.63, 3.8) is 0 Å². The number of hydrogen-bond donors (Lipinski definition) is 4. The molecule has 2 aromatic rings. The number of hydrogen-bond acceptors (Lipinski definition) is 4. The second kappa shape index (κ2) is 11.6. The summed E-state index contributed by atoms with van der Waals surface area (Å²) in [6.45, 7) is 2.03. The van der Waals surface area contributed by atoms with E-state index < -0.39 is 23.9 Å². The summed E-state index contributed by atoms with van der Waals surface area (Å²) in [5, 5.41) is 7.94. The molecule has 2 rings (SSSR count). The van der Waals surface area contributed by atoms with Gasteiger partial charge in [-0.3, -0.25) is 14.4 Å². The number of carbonyl (C=O) groups is 3. The Morgan fingerprint density at radius 1 is 0.828 bits per heavy atom. The Kier molecular flexibility index (Phi) is 8.85. The van der Waals surface area contributed by atoms with E-state index in [1.165, 1.54) is 0 Å². The van der Waals surface area contributed by atoms with Crippen LogP contribution in [0.5, 0.6) is 0 Å². The minimum Gasteiger partial charge on any atom is -0.355 e. The molecule has 2 atom stereocenters. The van der Waals surface area contributed by atoms with Crippen LogP contribution in [0.3, 0.4) is 0 Å². The van der Waals surface area contributed by atoms with E-state index in [9.17, 15) is 14.4 Å². The molecular formula is C22H28N4O3. The van der Waals surface area contributed by atoms with Crippen LogP contribution in [-0.2, 0) is 27.2 Å². The summed E-state index contributed by atoms with van der Waals surface area (Å²) in [6.07, 6.45) is 0.740. The third-order valence-corrected chi connectivity index (χ3v) is 4.34. The van der Waals surface area contributed by atoms with Gasteiger partial charge < -0.3 is 21.7 Å². The second-order valence-corrected chi connectivity index (χ2v) is 6.72. The fourth-order valence-electron chi connectivity index (χ4n) is 2.86. The third kappa shape index (κ3) is 7.75. The first-order valence-electron chi connectivity index (χ1n) is 9.67. The van der Waals surface area contributed by atoms with Crippen LogP contribution in [0.25, 0.3) is 0 Å². The van der Waals surface area contributed by atoms with Crippen molar-refractivity contribution < 1.29 is 14.4 Å². The van der Waals surface area contributed by atoms with Gasteiger partial charge in [0.15, 0.2) is 0 Å². The average Bonchev–Trinajstić information content (AvgIpc) is 2.73. The van der Waals surface area contributed by atoms with Crippen molar-refractivity contribution in [3.05, 3.63) is 71.8 Å². The van der Waals surface area contributed by atoms with Crippen molar-refractivity contribution in [1.82, 2.24) is 16.0 Å². The molecule has 29 heavy (non-hydrogen) atoms. The highest BCUT2D eigenvalue weighted by Crippen LogP contribution is 2.04. The van der Waals surface area contributed by atoms with E-state index in [-0.39, 0.29) is 12.5 Å². The van der Waals surface area contributed by atoms with Gasteiger partial charge in [-0.2, -0.15) is 0 Å². The lowest BCUT2D eigenvalue weighted by molar-refractivity contribution is -0.130. The summed E-state index contributed by atoms with van der Waals surface area (Å²) in [5.41, 5.74) is 7.79. The maximum atomic E-state index is 12.3. The maximum Gasteiger partial charge on any atom is 0.242 e. The van der Waals surface area contributed by atoms with Crippen molar-refractivity contribution >= 4 is 17.7 Å². The average molecular weight is 396 g/mol. The van der Waals surface area contributed by atoms with E-state index >= 15 is 0 Å². The number of rotatable bonds is 10. The summed E-state index contributed by atoms with van der Waals surface area (Å²) < 4.78 is 0. The Bertz CT molecular complexity index is 796. The second-order valence-electron chi connectivity index (χ2n) is 6.72. The van der Waals surface area contributed by atoms with Crippen LogP contribution >= 0.6 is 0 Å². The SMILES string of the molecule is CCNC(=O)C(Cc1ccccc1)NC(=O)CNC(=O)[C@H](N)Cc1ccccc1. The summed E-state index contributed by atoms with van der Waals surface area (Å²) in [4.78, 5) is 36.8. The molecule has 0 heterocycles. The fourth-order valence-corrected chi connectivity index (χ4v) is 2.86. The lowest BCUT2D eigenvalue weighted by Gasteiger charge is -2.19. The molecule has 0 radical (unpaired) electrons. The molecule has 5 N–H and O–H groups in total. The summed E-state index contributed by atoms with van der Waals surface area (Å²) >= 11 is 0. The van der Waals surface area contributed by atoms with Crippen molar-refractivity contribution in [3.8, 4) is 0 Å². The standard InChI is InChI=1S/C22H28N4O3/c1-2-24-22(29)19(14-17-11-7-4-8-12-17)26-20(27)15-25-21(28)18(23)13-16-9-5-3-6-10-16/h3-12,18-19H,2,13-15,23H2,1H3,(H,24,29)(H,25,28)(H,26,27)/t18-,19?/m1/s1. The quantitative estimate of drug-likeness (QED) is 0.469. The molecule has 0 saturated carbocycles. The normalized spacial score (nSPS) is 12.5. The minimum absolute atomic E-state index is 0.244. The molecule has 0 fully saturated rings. The number of likely N-dealkylation sites (N-methyl/N-ethyl adjacent to an activating group) is 1. The number of nitrogens with two attached hydrogens (primary N) is 1. The lowest BCUT2D eigenvalue weighted by atomic mass is 10.1. The molecule has 0 aliphatic rings. The van der Waals surface area contributed by atoms with Crippen LogP contribution in [0.1, 0.15) is 18.1 Å². The number of amides is 3. The van der Waals surface area contributed by atoms with Gasteiger partial charge in [-0.1, -0.05) is 60.7 Å². The maximum absolute atomic E-state index is 12.3. The highest BCUT2D eigenvalue weighted by atomic mass is 16.2. The summed E-state index contributed by atoms with van der Waals surface area (Å²) in [5.74, 6) is -1.13. The lowest BCUT2D eigenvalue weighted by Crippen LogP contribution is -2.52. The van der Waals surface area contributed by atoms with E-state index in [0.717, 1.165) is 11.1 Å². The van der Waals surface area contributed by atoms with Crippen LogP contribution in [-0.4, -0.2) is 42.9 Å². The molecule has 0 aliphatic carbocycles. The molecule has 3 amide bonds. The van der Waals surface area contributed by atoms with Gasteiger partial charge in [0.25, 0.3) is 0 Å². The predicted octanol–water partition coefficient (Wildman–Crippen LogP) is 0.536. The molecule has 0 spiro atoms. The highest BCUT2D eigenvalue weighted by Gasteiger charge is 2.21. The Labute approximate surface area is 171 Å². The Morgan fingerprint density at radius 2 is 1.38 bits per heavy atom. The van der Waals surface area contributed by atoms with Gasteiger partial charge in [0.2, 0.25) is 17.7 Å². The monoisotopic (exact) mass is 396 g/mol. The van der Waals surface area contributed by atoms with Crippen LogP contribution < -0.4 is 21.7 Å². The zero-order valence-electron chi connectivity index (χ0n) is 16.6. The Balaban J connectivity index is 1.86. The largest absolute Gasteiger partial charge is 0.355 e. The van der Waals surface area contributed by atoms with Gasteiger partial charge in [0.05, 0.1) is 12.6 Å². The molecule has 154 valence electrons. The van der Waals surface area contributed by atoms with Gasteiger partial charge in [-0.25, -0.2) is 0 Å². The molecule has 2 aromatic carbocycles. The van der Waals surface area contributed by atoms with Crippen LogP contribution in [0.4, 0.5) is 0 Å². The zero-order chi connectivity index (χ0) is 21.1. The first-order chi connectivity index (χ1) is 14.0. The van der Waals surface area contributed by atoms with Gasteiger partial charge in [0, 0.05) is 13.0 Å². The van der Waals surface area contributed by atoms with E-state index in [2.05, 4.69) is 16.0 Å². The summed E-state index contributed by atoms with van der Waals surface area (Å²) in [7, 11) is 0. The first kappa shape index (κ1) is 22.1. The van der Waals surface area contributed by atoms with Gasteiger partial charge in [0.1, 0.15) is 6.04 Å². The van der Waals surface area contributed by atoms with Crippen LogP contribution in [0.2, 0.25) is 0 Å². The van der Waals surface area contributed by atoms with Crippen molar-refractivity contribution in [2.45, 2.75) is 31.8 Å². The zero-order valence-corrected chi connectivity index (χ0v) is 16.6. The van der Waals surface area contributed by atoms with Crippen molar-refractivity contribution in [1.29, 1.82) is 0 Å². The van der Waals surface area contributed by atoms with E-state index in [1.807, 2.05) is 67.6 Å². The molecule has 0 aromatic heterocycles. The topological polar surface area (TPSA) is 113 Å². The molecular weight excluding hydrogens is 368 g/mol. The number of nitrogens with one attached hydrogen (secondary N) is 3. The summed E-state index contributed by atoms with van der Waals surface area (Å²) in [6, 6.07) is 17.4. The molecule has 0 saturated heterocycles. The fraction of sp³-hybridized carbons (Fsp3) is 0.318. The Morgan fingerprint density at radius 3 is 1.93 bits per heavy atom. The van der Waals surface area contributed by atoms with Gasteiger partial charge >= 0.3 is 0 Å². The first-order valence-corrected chi connectivity index (χ1v) is 9.67. The van der Waals surface area contributed by atoms with E-state index in [1.54, 1.807) is 0 Å². The predicted molar refractivity (Wildman–Crippen MR) is 112 cm³/mol. The molecule has 0 aliphatic heterocycles. The van der Waals surface area contributed by atoms with Crippen LogP contribution in [0, 0.1) is 0 Å². The third-order valence-electron chi connectivity index (χ3n) is 4.34. The van der Waals surface area contributed by atoms with Crippen molar-refractivity contribution in [2.24, 2.45) is 5.73 Å². The number of benzene rings is 2. The van der Waals surface area contributed by atoms with Crippen LogP contribution in [0.15, 0.2) is 60.7 Å². The van der Waals surface area contributed by atoms with E-state index in [0.29, 0.717) is 19.4 Å². The number of carbonyl (C=O) groups excluding carboxylic acids is 3.